The fourth-order valence-electron chi connectivity index (χ4n) is 1.18. The molecular formula is C11H13N3O4. The van der Waals surface area contributed by atoms with Crippen molar-refractivity contribution in [2.24, 2.45) is 0 Å². The van der Waals surface area contributed by atoms with Crippen LogP contribution in [0.4, 0.5) is 5.69 Å². The summed E-state index contributed by atoms with van der Waals surface area (Å²) >= 11 is 0. The third-order valence-electron chi connectivity index (χ3n) is 2.04. The molecule has 0 radical (unpaired) electrons. The topological polar surface area (TPSA) is 122 Å². The molecule has 7 heteroatoms. The average Bonchev–Trinajstić information content (AvgIpc) is 2.36. The van der Waals surface area contributed by atoms with Crippen molar-refractivity contribution in [2.45, 2.75) is 0 Å². The number of amides is 3. The van der Waals surface area contributed by atoms with Gasteiger partial charge in [0, 0.05) is 12.2 Å². The molecule has 0 unspecified atom stereocenters. The zero-order valence-corrected chi connectivity index (χ0v) is 9.47. The maximum atomic E-state index is 11.6. The first-order chi connectivity index (χ1) is 8.56. The van der Waals surface area contributed by atoms with E-state index < -0.39 is 17.7 Å². The molecule has 1 aromatic rings. The minimum absolute atomic E-state index is 0.0616. The second-order valence-corrected chi connectivity index (χ2v) is 3.35. The molecule has 0 aliphatic carbocycles. The number of carbonyl (C=O) groups is 3. The Morgan fingerprint density at radius 3 is 2.44 bits per heavy atom. The Labute approximate surface area is 103 Å². The molecule has 1 aromatic carbocycles. The van der Waals surface area contributed by atoms with Gasteiger partial charge in [-0.15, -0.1) is 0 Å². The maximum Gasteiger partial charge on any atom is 0.316 e. The van der Waals surface area contributed by atoms with Crippen LogP contribution in [0, 0.1) is 0 Å². The van der Waals surface area contributed by atoms with Gasteiger partial charge in [-0.2, -0.15) is 0 Å². The number of imide groups is 1. The second-order valence-electron chi connectivity index (χ2n) is 3.35. The standard InChI is InChI=1S/C11H13N3O4/c12-8-4-2-1-3-7(8)9(16)14-11(18)10(17)13-5-6-15/h1-4,15H,5-6,12H2,(H,13,17)(H,14,16,18). The molecule has 5 N–H and O–H groups in total. The smallest absolute Gasteiger partial charge is 0.316 e. The number of benzene rings is 1. The minimum atomic E-state index is -1.10. The molecular weight excluding hydrogens is 238 g/mol. The van der Waals surface area contributed by atoms with Crippen LogP contribution in [0.25, 0.3) is 0 Å². The number of hydrogen-bond acceptors (Lipinski definition) is 5. The lowest BCUT2D eigenvalue weighted by molar-refractivity contribution is -0.138. The minimum Gasteiger partial charge on any atom is -0.398 e. The summed E-state index contributed by atoms with van der Waals surface area (Å²) in [5.41, 5.74) is 5.87. The predicted molar refractivity (Wildman–Crippen MR) is 63.4 cm³/mol. The Morgan fingerprint density at radius 2 is 1.83 bits per heavy atom. The largest absolute Gasteiger partial charge is 0.398 e. The Bertz CT molecular complexity index is 473. The first-order valence-electron chi connectivity index (χ1n) is 5.15. The fourth-order valence-corrected chi connectivity index (χ4v) is 1.18. The molecule has 0 spiro atoms. The normalized spacial score (nSPS) is 9.61. The van der Waals surface area contributed by atoms with Crippen LogP contribution in [0.1, 0.15) is 10.4 Å². The number of aliphatic hydroxyl groups is 1. The Kier molecular flexibility index (Phi) is 4.82. The third kappa shape index (κ3) is 3.56. The number of nitrogens with two attached hydrogens (primary N) is 1. The van der Waals surface area contributed by atoms with Crippen molar-refractivity contribution < 1.29 is 19.5 Å². The highest BCUT2D eigenvalue weighted by molar-refractivity contribution is 6.38. The number of hydrogen-bond donors (Lipinski definition) is 4. The van der Waals surface area contributed by atoms with Crippen molar-refractivity contribution in [3.63, 3.8) is 0 Å². The van der Waals surface area contributed by atoms with E-state index in [0.717, 1.165) is 0 Å². The molecule has 0 saturated carbocycles. The highest BCUT2D eigenvalue weighted by Crippen LogP contribution is 2.09. The van der Waals surface area contributed by atoms with Gasteiger partial charge in [0.15, 0.2) is 0 Å². The van der Waals surface area contributed by atoms with Gasteiger partial charge in [0.1, 0.15) is 0 Å². The molecule has 0 aliphatic rings. The van der Waals surface area contributed by atoms with Gasteiger partial charge in [-0.25, -0.2) is 0 Å². The summed E-state index contributed by atoms with van der Waals surface area (Å²) in [5.74, 6) is -2.85. The van der Waals surface area contributed by atoms with E-state index in [1.54, 1.807) is 12.1 Å². The van der Waals surface area contributed by atoms with Crippen molar-refractivity contribution in [1.29, 1.82) is 0 Å². The first kappa shape index (κ1) is 13.7. The van der Waals surface area contributed by atoms with E-state index >= 15 is 0 Å². The van der Waals surface area contributed by atoms with Crippen LogP contribution in [0.5, 0.6) is 0 Å². The molecule has 0 fully saturated rings. The summed E-state index contributed by atoms with van der Waals surface area (Å²) in [7, 11) is 0. The van der Waals surface area contributed by atoms with Gasteiger partial charge in [0.25, 0.3) is 5.91 Å². The van der Waals surface area contributed by atoms with Crippen LogP contribution in [0.15, 0.2) is 24.3 Å². The van der Waals surface area contributed by atoms with E-state index in [1.165, 1.54) is 12.1 Å². The molecule has 0 atom stereocenters. The zero-order valence-electron chi connectivity index (χ0n) is 9.47. The first-order valence-corrected chi connectivity index (χ1v) is 5.15. The maximum absolute atomic E-state index is 11.6. The lowest BCUT2D eigenvalue weighted by Gasteiger charge is -2.06. The third-order valence-corrected chi connectivity index (χ3v) is 2.04. The van der Waals surface area contributed by atoms with Gasteiger partial charge >= 0.3 is 11.8 Å². The molecule has 7 nitrogen and oxygen atoms in total. The van der Waals surface area contributed by atoms with Crippen LogP contribution in [0.2, 0.25) is 0 Å². The van der Waals surface area contributed by atoms with Crippen LogP contribution in [-0.2, 0) is 9.59 Å². The number of rotatable bonds is 3. The number of aliphatic hydroxyl groups excluding tert-OH is 1. The quantitative estimate of drug-likeness (QED) is 0.390. The Morgan fingerprint density at radius 1 is 1.17 bits per heavy atom. The SMILES string of the molecule is Nc1ccccc1C(=O)NC(=O)C(=O)NCCO. The lowest BCUT2D eigenvalue weighted by atomic mass is 10.1. The van der Waals surface area contributed by atoms with Gasteiger partial charge in [-0.05, 0) is 12.1 Å². The van der Waals surface area contributed by atoms with Gasteiger partial charge in [0.05, 0.1) is 12.2 Å². The van der Waals surface area contributed by atoms with Crippen LogP contribution >= 0.6 is 0 Å². The second kappa shape index (κ2) is 6.36. The summed E-state index contributed by atoms with van der Waals surface area (Å²) in [6.45, 7) is -0.355. The molecule has 0 saturated heterocycles. The van der Waals surface area contributed by atoms with Gasteiger partial charge < -0.3 is 16.2 Å². The molecule has 1 rings (SSSR count). The van der Waals surface area contributed by atoms with Crippen LogP contribution < -0.4 is 16.4 Å². The van der Waals surface area contributed by atoms with E-state index in [-0.39, 0.29) is 24.4 Å². The van der Waals surface area contributed by atoms with E-state index in [9.17, 15) is 14.4 Å². The van der Waals surface area contributed by atoms with E-state index in [1.807, 2.05) is 5.32 Å². The number of nitrogens with one attached hydrogen (secondary N) is 2. The van der Waals surface area contributed by atoms with Crippen molar-refractivity contribution in [2.75, 3.05) is 18.9 Å². The predicted octanol–water partition coefficient (Wildman–Crippen LogP) is -1.37. The molecule has 18 heavy (non-hydrogen) atoms. The van der Waals surface area contributed by atoms with Gasteiger partial charge in [-0.3, -0.25) is 19.7 Å². The van der Waals surface area contributed by atoms with E-state index in [2.05, 4.69) is 5.32 Å². The number of para-hydroxylation sites is 1. The Hall–Kier alpha value is -2.41. The van der Waals surface area contributed by atoms with Crippen molar-refractivity contribution in [3.8, 4) is 0 Å². The summed E-state index contributed by atoms with van der Waals surface area (Å²) in [6.07, 6.45) is 0. The van der Waals surface area contributed by atoms with Crippen molar-refractivity contribution in [1.82, 2.24) is 10.6 Å². The van der Waals surface area contributed by atoms with Crippen LogP contribution in [0.3, 0.4) is 0 Å². The summed E-state index contributed by atoms with van der Waals surface area (Å²) in [4.78, 5) is 34.0. The fraction of sp³-hybridized carbons (Fsp3) is 0.182. The summed E-state index contributed by atoms with van der Waals surface area (Å²) < 4.78 is 0. The van der Waals surface area contributed by atoms with Crippen molar-refractivity contribution in [3.05, 3.63) is 29.8 Å². The van der Waals surface area contributed by atoms with E-state index in [4.69, 9.17) is 10.8 Å². The summed E-state index contributed by atoms with van der Waals surface area (Å²) in [5, 5.41) is 12.5. The molecule has 0 heterocycles. The molecule has 0 aromatic heterocycles. The highest BCUT2D eigenvalue weighted by atomic mass is 16.3. The van der Waals surface area contributed by atoms with Crippen LogP contribution in [-0.4, -0.2) is 36.0 Å². The van der Waals surface area contributed by atoms with E-state index in [0.29, 0.717) is 0 Å². The number of anilines is 1. The molecule has 0 bridgehead atoms. The average molecular weight is 251 g/mol. The van der Waals surface area contributed by atoms with Gasteiger partial charge in [-0.1, -0.05) is 12.1 Å². The number of carbonyl (C=O) groups excluding carboxylic acids is 3. The van der Waals surface area contributed by atoms with Crippen molar-refractivity contribution >= 4 is 23.4 Å². The highest BCUT2D eigenvalue weighted by Gasteiger charge is 2.18. The summed E-state index contributed by atoms with van der Waals surface area (Å²) in [6, 6.07) is 6.16. The van der Waals surface area contributed by atoms with Gasteiger partial charge in [0.2, 0.25) is 0 Å². The number of nitrogen functional groups attached to an aromatic ring is 1. The zero-order chi connectivity index (χ0) is 13.5. The monoisotopic (exact) mass is 251 g/mol. The lowest BCUT2D eigenvalue weighted by Crippen LogP contribution is -2.43. The molecule has 96 valence electrons. The molecule has 0 aliphatic heterocycles. The molecule has 3 amide bonds. The Balaban J connectivity index is 2.63.